The van der Waals surface area contributed by atoms with Gasteiger partial charge >= 0.3 is 0 Å². The van der Waals surface area contributed by atoms with Crippen LogP contribution in [-0.2, 0) is 3.67 Å². The molecule has 5 heteroatoms. The Kier molecular flexibility index (Phi) is 3.87. The molecule has 0 saturated carbocycles. The summed E-state index contributed by atoms with van der Waals surface area (Å²) in [6.45, 7) is 0. The highest BCUT2D eigenvalue weighted by Gasteiger charge is 2.26. The molecule has 0 N–H and O–H groups in total. The lowest BCUT2D eigenvalue weighted by molar-refractivity contribution is 1.27. The molecule has 0 unspecified atom stereocenters. The van der Waals surface area contributed by atoms with Gasteiger partial charge in [-0.2, -0.15) is 0 Å². The molecule has 1 aromatic rings. The first-order valence-corrected chi connectivity index (χ1v) is 5.77. The normalized spacial score (nSPS) is 11.7. The number of rotatable bonds is 2. The molecule has 0 saturated heterocycles. The average Bonchev–Trinajstić information content (AvgIpc) is 2.05. The van der Waals surface area contributed by atoms with Gasteiger partial charge in [0.25, 0.3) is 0 Å². The molecule has 0 aliphatic heterocycles. The van der Waals surface area contributed by atoms with Gasteiger partial charge in [0, 0.05) is 5.02 Å². The average molecular weight is 262 g/mol. The first-order valence-electron chi connectivity index (χ1n) is 3.00. The van der Waals surface area contributed by atoms with Crippen molar-refractivity contribution in [3.8, 4) is 0 Å². The summed E-state index contributed by atoms with van der Waals surface area (Å²) < 4.78 is -1.11. The summed E-state index contributed by atoms with van der Waals surface area (Å²) >= 11 is 17.4. The Bertz CT molecular complexity index is 257. The lowest BCUT2D eigenvalue weighted by Gasteiger charge is -2.14. The molecule has 0 aliphatic rings. The number of halogens is 4. The zero-order chi connectivity index (χ0) is 9.19. The summed E-state index contributed by atoms with van der Waals surface area (Å²) in [6, 6.07) is 6.89. The Morgan fingerprint density at radius 1 is 1.08 bits per heavy atom. The summed E-state index contributed by atoms with van der Waals surface area (Å²) in [4.78, 5) is 0. The van der Waals surface area contributed by atoms with Crippen molar-refractivity contribution in [1.82, 2.24) is 0 Å². The Morgan fingerprint density at radius 3 is 2.00 bits per heavy atom. The van der Waals surface area contributed by atoms with Crippen molar-refractivity contribution < 1.29 is 0 Å². The van der Waals surface area contributed by atoms with Gasteiger partial charge < -0.3 is 0 Å². The van der Waals surface area contributed by atoms with Crippen molar-refractivity contribution in [3.05, 3.63) is 34.9 Å². The van der Waals surface area contributed by atoms with E-state index in [1.54, 1.807) is 24.3 Å². The minimum absolute atomic E-state index is 0.641. The standard InChI is InChI=1S/C7H4Cl4S/c8-6-3-1-5(2-4-6)7(9,10)12-11/h1-4H. The van der Waals surface area contributed by atoms with Gasteiger partial charge in [-0.25, -0.2) is 0 Å². The molecule has 0 fully saturated rings. The van der Waals surface area contributed by atoms with Gasteiger partial charge in [-0.3, -0.25) is 0 Å². The molecule has 0 heterocycles. The third-order valence-electron chi connectivity index (χ3n) is 1.28. The molecule has 0 aliphatic carbocycles. The van der Waals surface area contributed by atoms with Gasteiger partial charge in [0.1, 0.15) is 0 Å². The van der Waals surface area contributed by atoms with Crippen LogP contribution < -0.4 is 0 Å². The Labute approximate surface area is 94.6 Å². The van der Waals surface area contributed by atoms with Crippen molar-refractivity contribution in [2.24, 2.45) is 0 Å². The molecule has 0 amide bonds. The van der Waals surface area contributed by atoms with Crippen molar-refractivity contribution in [2.75, 3.05) is 0 Å². The van der Waals surface area contributed by atoms with Crippen LogP contribution >= 0.6 is 56.5 Å². The quantitative estimate of drug-likeness (QED) is 0.689. The molecule has 1 rings (SSSR count). The summed E-state index contributed by atoms with van der Waals surface area (Å²) in [5.74, 6) is 0. The maximum atomic E-state index is 5.85. The van der Waals surface area contributed by atoms with Gasteiger partial charge in [-0.1, -0.05) is 46.9 Å². The van der Waals surface area contributed by atoms with E-state index in [2.05, 4.69) is 0 Å². The second-order valence-corrected chi connectivity index (χ2v) is 5.54. The molecule has 0 nitrogen and oxygen atoms in total. The van der Waals surface area contributed by atoms with E-state index in [0.717, 1.165) is 16.5 Å². The van der Waals surface area contributed by atoms with Crippen LogP contribution in [0.15, 0.2) is 24.3 Å². The number of hydrogen-bond acceptors (Lipinski definition) is 1. The van der Waals surface area contributed by atoms with Crippen molar-refractivity contribution >= 4 is 56.5 Å². The fourth-order valence-electron chi connectivity index (χ4n) is 0.688. The number of alkyl halides is 2. The molecule has 0 atom stereocenters. The Balaban J connectivity index is 2.96. The zero-order valence-corrected chi connectivity index (χ0v) is 9.57. The molecular weight excluding hydrogens is 258 g/mol. The second kappa shape index (κ2) is 4.30. The van der Waals surface area contributed by atoms with Gasteiger partial charge in [-0.05, 0) is 39.4 Å². The first kappa shape index (κ1) is 10.8. The van der Waals surface area contributed by atoms with Gasteiger partial charge in [0.05, 0.1) is 0 Å². The van der Waals surface area contributed by atoms with Gasteiger partial charge in [-0.15, -0.1) is 0 Å². The van der Waals surface area contributed by atoms with E-state index in [0.29, 0.717) is 5.02 Å². The third-order valence-corrected chi connectivity index (χ3v) is 4.03. The van der Waals surface area contributed by atoms with Crippen LogP contribution in [0.3, 0.4) is 0 Å². The largest absolute Gasteiger partial charge is 0.202 e. The van der Waals surface area contributed by atoms with Crippen LogP contribution in [0.2, 0.25) is 5.02 Å². The molecule has 0 aromatic heterocycles. The molecule has 0 bridgehead atoms. The maximum Gasteiger partial charge on any atom is 0.202 e. The molecule has 1 aromatic carbocycles. The third kappa shape index (κ3) is 2.61. The lowest BCUT2D eigenvalue weighted by Crippen LogP contribution is -2.01. The van der Waals surface area contributed by atoms with Crippen LogP contribution in [0.25, 0.3) is 0 Å². The van der Waals surface area contributed by atoms with Crippen LogP contribution in [0, 0.1) is 0 Å². The summed E-state index contributed by atoms with van der Waals surface area (Å²) in [5, 5.41) is 0.641. The first-order chi connectivity index (χ1) is 5.56. The van der Waals surface area contributed by atoms with Crippen molar-refractivity contribution in [3.63, 3.8) is 0 Å². The lowest BCUT2D eigenvalue weighted by atomic mass is 10.2. The summed E-state index contributed by atoms with van der Waals surface area (Å²) in [7, 11) is 6.33. The van der Waals surface area contributed by atoms with E-state index in [1.807, 2.05) is 0 Å². The highest BCUT2D eigenvalue weighted by atomic mass is 35.7. The van der Waals surface area contributed by atoms with Crippen LogP contribution in [0.4, 0.5) is 0 Å². The highest BCUT2D eigenvalue weighted by molar-refractivity contribution is 8.23. The zero-order valence-electron chi connectivity index (χ0n) is 5.73. The van der Waals surface area contributed by atoms with E-state index in [-0.39, 0.29) is 0 Å². The SMILES string of the molecule is ClSC(Cl)(Cl)c1ccc(Cl)cc1. The predicted octanol–water partition coefficient (Wildman–Crippen LogP) is 4.81. The van der Waals surface area contributed by atoms with E-state index in [4.69, 9.17) is 45.5 Å². The van der Waals surface area contributed by atoms with Gasteiger partial charge in [0.15, 0.2) is 0 Å². The van der Waals surface area contributed by atoms with Crippen molar-refractivity contribution in [1.29, 1.82) is 0 Å². The maximum absolute atomic E-state index is 5.85. The summed E-state index contributed by atoms with van der Waals surface area (Å²) in [6.07, 6.45) is 0. The topological polar surface area (TPSA) is 0 Å². The fraction of sp³-hybridized carbons (Fsp3) is 0.143. The number of hydrogen-bond donors (Lipinski definition) is 0. The fourth-order valence-corrected chi connectivity index (χ4v) is 1.56. The van der Waals surface area contributed by atoms with Gasteiger partial charge in [0.2, 0.25) is 3.67 Å². The Hall–Kier alpha value is 0.730. The van der Waals surface area contributed by atoms with Crippen LogP contribution in [-0.4, -0.2) is 0 Å². The smallest absolute Gasteiger partial charge is 0.0843 e. The van der Waals surface area contributed by atoms with E-state index >= 15 is 0 Å². The van der Waals surface area contributed by atoms with Crippen molar-refractivity contribution in [2.45, 2.75) is 3.67 Å². The molecule has 66 valence electrons. The summed E-state index contributed by atoms with van der Waals surface area (Å²) in [5.41, 5.74) is 0.718. The minimum Gasteiger partial charge on any atom is -0.0843 e. The molecular formula is C7H4Cl4S. The van der Waals surface area contributed by atoms with E-state index in [1.165, 1.54) is 0 Å². The number of benzene rings is 1. The predicted molar refractivity (Wildman–Crippen MR) is 58.3 cm³/mol. The van der Waals surface area contributed by atoms with E-state index < -0.39 is 3.67 Å². The van der Waals surface area contributed by atoms with Crippen LogP contribution in [0.5, 0.6) is 0 Å². The monoisotopic (exact) mass is 260 g/mol. The molecule has 0 spiro atoms. The van der Waals surface area contributed by atoms with E-state index in [9.17, 15) is 0 Å². The molecule has 12 heavy (non-hydrogen) atoms. The Morgan fingerprint density at radius 2 is 1.58 bits per heavy atom. The minimum atomic E-state index is -1.11. The second-order valence-electron chi connectivity index (χ2n) is 2.10. The van der Waals surface area contributed by atoms with Crippen LogP contribution in [0.1, 0.15) is 5.56 Å². The molecule has 0 radical (unpaired) electrons. The highest BCUT2D eigenvalue weighted by Crippen LogP contribution is 2.46.